The number of piperidine rings is 1. The molecule has 0 saturated carbocycles. The maximum absolute atomic E-state index is 14.0. The van der Waals surface area contributed by atoms with E-state index in [1.807, 2.05) is 44.4 Å². The number of anilines is 1. The van der Waals surface area contributed by atoms with E-state index in [0.29, 0.717) is 17.9 Å². The number of aryl methyl sites for hydroxylation is 2. The standard InChI is InChI=1S/C26H30F3N3.C3H5N3/c1-19(2)10-11-21-8-7-9-23(14-21)31-18-25-24(26(27,28)29)15-22(17-32(25)20(31)3)16-30-12-5-4-6-13-30;1-6-2-4-5-3-6/h7-9,14-15,17-18H,1,3-6,10-13,16H2,2H3;2-3H,1H3. The lowest BCUT2D eigenvalue weighted by Gasteiger charge is -2.31. The zero-order chi connectivity index (χ0) is 27.3. The average molecular weight is 525 g/mol. The molecule has 0 aliphatic carbocycles. The Bertz CT molecular complexity index is 1230. The molecule has 9 heteroatoms. The second kappa shape index (κ2) is 11.9. The van der Waals surface area contributed by atoms with Crippen LogP contribution in [0.25, 0.3) is 0 Å². The first kappa shape index (κ1) is 27.4. The molecule has 0 atom stereocenters. The van der Waals surface area contributed by atoms with Crippen molar-refractivity contribution in [2.24, 2.45) is 7.05 Å². The quantitative estimate of drug-likeness (QED) is 0.414. The van der Waals surface area contributed by atoms with Gasteiger partial charge in [0.05, 0.1) is 11.3 Å². The Kier molecular flexibility index (Phi) is 8.56. The number of hydrogen-bond acceptors (Lipinski definition) is 5. The molecule has 4 heterocycles. The second-order valence-corrected chi connectivity index (χ2v) is 10.0. The molecule has 1 fully saturated rings. The molecular weight excluding hydrogens is 489 g/mol. The molecule has 0 bridgehead atoms. The summed E-state index contributed by atoms with van der Waals surface area (Å²) < 4.78 is 43.8. The van der Waals surface area contributed by atoms with E-state index in [0.717, 1.165) is 55.6 Å². The molecule has 0 radical (unpaired) electrons. The zero-order valence-corrected chi connectivity index (χ0v) is 22.1. The SMILES string of the molecule is C=C(C)CCc1cccc(N2C=C3C(C(F)(F)F)=CC(CN4CCCCC4)=CN3C2=C)c1.Cn1cnnc1. The van der Waals surface area contributed by atoms with Crippen LogP contribution in [-0.2, 0) is 13.5 Å². The minimum atomic E-state index is -4.44. The van der Waals surface area contributed by atoms with Gasteiger partial charge < -0.3 is 14.4 Å². The highest BCUT2D eigenvalue weighted by atomic mass is 19.4. The molecule has 3 aliphatic heterocycles. The molecule has 0 amide bonds. The number of allylic oxidation sites excluding steroid dienone is 2. The van der Waals surface area contributed by atoms with Crippen molar-refractivity contribution in [1.82, 2.24) is 24.6 Å². The van der Waals surface area contributed by atoms with Crippen LogP contribution in [0.1, 0.15) is 38.2 Å². The van der Waals surface area contributed by atoms with Gasteiger partial charge in [-0.25, -0.2) is 0 Å². The number of fused-ring (bicyclic) bond motifs is 1. The Balaban J connectivity index is 0.000000494. The van der Waals surface area contributed by atoms with Crippen molar-refractivity contribution in [2.75, 3.05) is 24.5 Å². The Morgan fingerprint density at radius 1 is 1.03 bits per heavy atom. The third-order valence-electron chi connectivity index (χ3n) is 6.69. The van der Waals surface area contributed by atoms with Gasteiger partial charge in [0.2, 0.25) is 0 Å². The third kappa shape index (κ3) is 6.83. The second-order valence-electron chi connectivity index (χ2n) is 10.0. The summed E-state index contributed by atoms with van der Waals surface area (Å²) >= 11 is 0. The molecule has 6 nitrogen and oxygen atoms in total. The summed E-state index contributed by atoms with van der Waals surface area (Å²) in [5.41, 5.74) is 3.20. The van der Waals surface area contributed by atoms with Crippen LogP contribution in [0.3, 0.4) is 0 Å². The monoisotopic (exact) mass is 524 g/mol. The van der Waals surface area contributed by atoms with E-state index in [4.69, 9.17) is 0 Å². The molecule has 3 aliphatic rings. The first-order valence-corrected chi connectivity index (χ1v) is 12.9. The van der Waals surface area contributed by atoms with Gasteiger partial charge in [0.1, 0.15) is 18.5 Å². The lowest BCUT2D eigenvalue weighted by molar-refractivity contribution is -0.0909. The smallest absolute Gasteiger partial charge is 0.323 e. The van der Waals surface area contributed by atoms with E-state index < -0.39 is 11.7 Å². The number of hydrogen-bond donors (Lipinski definition) is 0. The van der Waals surface area contributed by atoms with Gasteiger partial charge in [-0.3, -0.25) is 4.90 Å². The molecule has 0 N–H and O–H groups in total. The third-order valence-corrected chi connectivity index (χ3v) is 6.69. The Morgan fingerprint density at radius 3 is 2.34 bits per heavy atom. The van der Waals surface area contributed by atoms with Crippen LogP contribution in [0, 0.1) is 0 Å². The molecule has 1 aromatic heterocycles. The normalized spacial score (nSPS) is 17.8. The van der Waals surface area contributed by atoms with Gasteiger partial charge in [-0.2, -0.15) is 13.2 Å². The molecule has 1 saturated heterocycles. The Morgan fingerprint density at radius 2 is 1.74 bits per heavy atom. The van der Waals surface area contributed by atoms with Crippen molar-refractivity contribution in [3.8, 4) is 0 Å². The predicted octanol–water partition coefficient (Wildman–Crippen LogP) is 6.32. The fourth-order valence-corrected chi connectivity index (χ4v) is 4.70. The van der Waals surface area contributed by atoms with Crippen molar-refractivity contribution in [2.45, 2.75) is 45.2 Å². The van der Waals surface area contributed by atoms with Gasteiger partial charge in [0.15, 0.2) is 0 Å². The van der Waals surface area contributed by atoms with Gasteiger partial charge in [0.25, 0.3) is 0 Å². The maximum Gasteiger partial charge on any atom is 0.418 e. The van der Waals surface area contributed by atoms with E-state index in [1.54, 1.807) is 33.2 Å². The Labute approximate surface area is 222 Å². The summed E-state index contributed by atoms with van der Waals surface area (Å²) in [5.74, 6) is 0.503. The number of likely N-dealkylation sites (tertiary alicyclic amines) is 1. The van der Waals surface area contributed by atoms with Crippen molar-refractivity contribution in [3.05, 3.63) is 102 Å². The van der Waals surface area contributed by atoms with Crippen LogP contribution in [0.2, 0.25) is 0 Å². The maximum atomic E-state index is 14.0. The lowest BCUT2D eigenvalue weighted by Crippen LogP contribution is -2.33. The lowest BCUT2D eigenvalue weighted by atomic mass is 10.0. The van der Waals surface area contributed by atoms with Crippen molar-refractivity contribution >= 4 is 5.69 Å². The van der Waals surface area contributed by atoms with E-state index in [1.165, 1.54) is 12.5 Å². The van der Waals surface area contributed by atoms with E-state index in [2.05, 4.69) is 28.3 Å². The van der Waals surface area contributed by atoms with Crippen LogP contribution >= 0.6 is 0 Å². The van der Waals surface area contributed by atoms with E-state index >= 15 is 0 Å². The number of nitrogens with zero attached hydrogens (tertiary/aromatic N) is 6. The van der Waals surface area contributed by atoms with Crippen molar-refractivity contribution in [3.63, 3.8) is 0 Å². The van der Waals surface area contributed by atoms with Gasteiger partial charge in [-0.15, -0.1) is 16.8 Å². The van der Waals surface area contributed by atoms with Crippen molar-refractivity contribution in [1.29, 1.82) is 0 Å². The fourth-order valence-electron chi connectivity index (χ4n) is 4.70. The number of benzene rings is 1. The van der Waals surface area contributed by atoms with E-state index in [9.17, 15) is 13.2 Å². The molecular formula is C29H35F3N6. The number of halogens is 3. The average Bonchev–Trinajstić information content (AvgIpc) is 3.49. The minimum Gasteiger partial charge on any atom is -0.323 e. The zero-order valence-electron chi connectivity index (χ0n) is 22.1. The number of alkyl halides is 3. The Hall–Kier alpha value is -3.59. The van der Waals surface area contributed by atoms with Crippen LogP contribution in [-0.4, -0.2) is 50.4 Å². The van der Waals surface area contributed by atoms with Gasteiger partial charge >= 0.3 is 6.18 Å². The summed E-state index contributed by atoms with van der Waals surface area (Å²) in [6.45, 7) is 12.5. The summed E-state index contributed by atoms with van der Waals surface area (Å²) in [6, 6.07) is 7.88. The molecule has 202 valence electrons. The minimum absolute atomic E-state index is 0.122. The summed E-state index contributed by atoms with van der Waals surface area (Å²) in [4.78, 5) is 5.57. The molecule has 38 heavy (non-hydrogen) atoms. The van der Waals surface area contributed by atoms with Crippen LogP contribution in [0.15, 0.2) is 96.8 Å². The van der Waals surface area contributed by atoms with Gasteiger partial charge in [-0.05, 0) is 75.0 Å². The number of aromatic nitrogens is 3. The highest BCUT2D eigenvalue weighted by Crippen LogP contribution is 2.43. The fraction of sp³-hybridized carbons (Fsp3) is 0.379. The molecule has 0 unspecified atom stereocenters. The largest absolute Gasteiger partial charge is 0.418 e. The highest BCUT2D eigenvalue weighted by molar-refractivity contribution is 5.64. The number of rotatable bonds is 6. The summed E-state index contributed by atoms with van der Waals surface area (Å²) in [7, 11) is 1.88. The van der Waals surface area contributed by atoms with Gasteiger partial charge in [0, 0.05) is 31.7 Å². The first-order valence-electron chi connectivity index (χ1n) is 12.9. The highest BCUT2D eigenvalue weighted by Gasteiger charge is 2.43. The molecule has 2 aromatic rings. The van der Waals surface area contributed by atoms with Crippen LogP contribution < -0.4 is 4.90 Å². The molecule has 0 spiro atoms. The molecule has 5 rings (SSSR count). The molecule has 1 aromatic carbocycles. The van der Waals surface area contributed by atoms with Gasteiger partial charge in [-0.1, -0.05) is 30.7 Å². The summed E-state index contributed by atoms with van der Waals surface area (Å²) in [6.07, 6.45) is 8.60. The predicted molar refractivity (Wildman–Crippen MR) is 145 cm³/mol. The van der Waals surface area contributed by atoms with Crippen LogP contribution in [0.4, 0.5) is 18.9 Å². The summed E-state index contributed by atoms with van der Waals surface area (Å²) in [5, 5.41) is 7.07. The van der Waals surface area contributed by atoms with Crippen molar-refractivity contribution < 1.29 is 13.2 Å². The topological polar surface area (TPSA) is 40.4 Å². The van der Waals surface area contributed by atoms with Crippen LogP contribution in [0.5, 0.6) is 0 Å². The van der Waals surface area contributed by atoms with E-state index in [-0.39, 0.29) is 5.70 Å². The first-order chi connectivity index (χ1) is 18.1.